The molecule has 0 bridgehead atoms. The molecule has 1 amide bonds. The Morgan fingerprint density at radius 3 is 2.12 bits per heavy atom. The Kier molecular flexibility index (Phi) is 6.42. The summed E-state index contributed by atoms with van der Waals surface area (Å²) in [6.45, 7) is 1.82. The molecular weight excluding hydrogens is 363 g/mol. The summed E-state index contributed by atoms with van der Waals surface area (Å²) in [5.74, 6) is -0.772. The van der Waals surface area contributed by atoms with Gasteiger partial charge >= 0.3 is 5.97 Å². The Morgan fingerprint density at radius 2 is 1.60 bits per heavy atom. The van der Waals surface area contributed by atoms with Crippen LogP contribution in [0.4, 0.5) is 0 Å². The van der Waals surface area contributed by atoms with Gasteiger partial charge in [0.15, 0.2) is 0 Å². The van der Waals surface area contributed by atoms with E-state index < -0.39 is 12.0 Å². The second kappa shape index (κ2) is 8.34. The highest BCUT2D eigenvalue weighted by Gasteiger charge is 2.19. The number of carbonyl (C=O) groups is 2. The summed E-state index contributed by atoms with van der Waals surface area (Å²) in [7, 11) is 1.32. The highest BCUT2D eigenvalue weighted by Crippen LogP contribution is 2.23. The predicted octanol–water partition coefficient (Wildman–Crippen LogP) is 3.66. The van der Waals surface area contributed by atoms with Crippen LogP contribution in [0.25, 0.3) is 0 Å². The van der Waals surface area contributed by atoms with Crippen LogP contribution in [0.1, 0.15) is 40.5 Å². The number of methoxy groups -OCH3 is 1. The number of rotatable bonds is 5. The summed E-state index contributed by atoms with van der Waals surface area (Å²) in [6, 6.07) is 10.4. The summed E-state index contributed by atoms with van der Waals surface area (Å²) in [4.78, 5) is 23.8. The van der Waals surface area contributed by atoms with Gasteiger partial charge < -0.3 is 15.8 Å². The topological polar surface area (TPSA) is 81.4 Å². The average Bonchev–Trinajstić information content (AvgIpc) is 2.59. The quantitative estimate of drug-likeness (QED) is 0.775. The zero-order valence-electron chi connectivity index (χ0n) is 13.8. The number of halogens is 2. The maximum Gasteiger partial charge on any atom is 0.337 e. The van der Waals surface area contributed by atoms with Crippen molar-refractivity contribution in [3.63, 3.8) is 0 Å². The van der Waals surface area contributed by atoms with Crippen molar-refractivity contribution in [3.05, 3.63) is 69.2 Å². The molecule has 0 radical (unpaired) electrons. The van der Waals surface area contributed by atoms with E-state index in [1.165, 1.54) is 7.11 Å². The molecule has 5 nitrogen and oxygen atoms in total. The molecule has 2 rings (SSSR count). The van der Waals surface area contributed by atoms with Crippen LogP contribution >= 0.6 is 23.2 Å². The summed E-state index contributed by atoms with van der Waals surface area (Å²) < 4.78 is 4.65. The highest BCUT2D eigenvalue weighted by molar-refractivity contribution is 6.34. The van der Waals surface area contributed by atoms with E-state index in [-0.39, 0.29) is 11.9 Å². The second-order valence-corrected chi connectivity index (χ2v) is 6.40. The van der Waals surface area contributed by atoms with Gasteiger partial charge in [-0.3, -0.25) is 4.79 Å². The van der Waals surface area contributed by atoms with Crippen LogP contribution in [0.2, 0.25) is 10.0 Å². The summed E-state index contributed by atoms with van der Waals surface area (Å²) in [6.07, 6.45) is 0. The first-order chi connectivity index (χ1) is 11.8. The molecule has 0 saturated heterocycles. The van der Waals surface area contributed by atoms with E-state index in [0.29, 0.717) is 21.2 Å². The second-order valence-electron chi connectivity index (χ2n) is 5.52. The van der Waals surface area contributed by atoms with Crippen LogP contribution in [-0.2, 0) is 9.53 Å². The van der Waals surface area contributed by atoms with Crippen LogP contribution in [0, 0.1) is 0 Å². The number of benzene rings is 2. The van der Waals surface area contributed by atoms with Gasteiger partial charge in [0.2, 0.25) is 5.91 Å². The number of hydrogen-bond acceptors (Lipinski definition) is 4. The van der Waals surface area contributed by atoms with Gasteiger partial charge in [-0.15, -0.1) is 0 Å². The van der Waals surface area contributed by atoms with Crippen LogP contribution in [0.5, 0.6) is 0 Å². The summed E-state index contributed by atoms with van der Waals surface area (Å²) in [5, 5.41) is 3.66. The maximum atomic E-state index is 12.4. The lowest BCUT2D eigenvalue weighted by molar-refractivity contribution is -0.123. The lowest BCUT2D eigenvalue weighted by Crippen LogP contribution is -2.35. The monoisotopic (exact) mass is 380 g/mol. The highest BCUT2D eigenvalue weighted by atomic mass is 35.5. The Hall–Kier alpha value is -2.08. The van der Waals surface area contributed by atoms with Crippen molar-refractivity contribution < 1.29 is 14.3 Å². The molecule has 2 atom stereocenters. The smallest absolute Gasteiger partial charge is 0.337 e. The Bertz CT molecular complexity index is 758. The van der Waals surface area contributed by atoms with Crippen molar-refractivity contribution in [2.45, 2.75) is 19.0 Å². The predicted molar refractivity (Wildman–Crippen MR) is 97.7 cm³/mol. The molecule has 25 heavy (non-hydrogen) atoms. The van der Waals surface area contributed by atoms with Crippen LogP contribution in [0.3, 0.4) is 0 Å². The fourth-order valence-electron chi connectivity index (χ4n) is 2.32. The first kappa shape index (κ1) is 19.2. The number of esters is 1. The first-order valence-corrected chi connectivity index (χ1v) is 8.27. The van der Waals surface area contributed by atoms with Gasteiger partial charge in [0.05, 0.1) is 18.7 Å². The maximum absolute atomic E-state index is 12.4. The third kappa shape index (κ3) is 4.95. The van der Waals surface area contributed by atoms with Gasteiger partial charge in [-0.1, -0.05) is 35.3 Å². The molecule has 7 heteroatoms. The summed E-state index contributed by atoms with van der Waals surface area (Å²) in [5.41, 5.74) is 7.80. The molecule has 1 unspecified atom stereocenters. The lowest BCUT2D eigenvalue weighted by atomic mass is 10.0. The van der Waals surface area contributed by atoms with E-state index in [9.17, 15) is 9.59 Å². The van der Waals surface area contributed by atoms with Crippen molar-refractivity contribution >= 4 is 35.1 Å². The molecule has 2 aromatic carbocycles. The van der Waals surface area contributed by atoms with Crippen LogP contribution in [0.15, 0.2) is 42.5 Å². The molecule has 0 spiro atoms. The van der Waals surface area contributed by atoms with E-state index >= 15 is 0 Å². The van der Waals surface area contributed by atoms with Crippen LogP contribution < -0.4 is 11.1 Å². The minimum Gasteiger partial charge on any atom is -0.465 e. The molecule has 3 N–H and O–H groups in total. The average molecular weight is 381 g/mol. The third-order valence-corrected chi connectivity index (χ3v) is 4.15. The van der Waals surface area contributed by atoms with Crippen LogP contribution in [-0.4, -0.2) is 19.0 Å². The van der Waals surface area contributed by atoms with E-state index in [1.54, 1.807) is 42.5 Å². The third-order valence-electron chi connectivity index (χ3n) is 3.72. The largest absolute Gasteiger partial charge is 0.465 e. The van der Waals surface area contributed by atoms with Crippen molar-refractivity contribution in [3.8, 4) is 0 Å². The van der Waals surface area contributed by atoms with E-state index in [4.69, 9.17) is 28.9 Å². The molecule has 0 aliphatic rings. The van der Waals surface area contributed by atoms with Gasteiger partial charge in [0, 0.05) is 10.0 Å². The molecule has 132 valence electrons. The molecule has 0 aliphatic carbocycles. The number of amides is 1. The molecule has 0 aliphatic heterocycles. The molecule has 0 saturated carbocycles. The van der Waals surface area contributed by atoms with Crippen molar-refractivity contribution in [1.29, 1.82) is 0 Å². The van der Waals surface area contributed by atoms with Gasteiger partial charge in [-0.2, -0.15) is 0 Å². The normalized spacial score (nSPS) is 13.0. The van der Waals surface area contributed by atoms with E-state index in [1.807, 2.05) is 6.92 Å². The number of nitrogens with two attached hydrogens (primary N) is 1. The molecule has 0 heterocycles. The fourth-order valence-corrected chi connectivity index (χ4v) is 2.86. The van der Waals surface area contributed by atoms with Crippen molar-refractivity contribution in [2.75, 3.05) is 7.11 Å². The standard InChI is InChI=1S/C18H18Cl2N2O3/c1-10(11-3-5-12(6-4-11)18(24)25-2)22-17(23)16(21)13-7-14(19)9-15(20)8-13/h3-10,16H,21H2,1-2H3,(H,22,23)/t10-,16?/m1/s1. The minimum atomic E-state index is -0.895. The first-order valence-electron chi connectivity index (χ1n) is 7.52. The van der Waals surface area contributed by atoms with Gasteiger partial charge in [0.1, 0.15) is 6.04 Å². The molecular formula is C18H18Cl2N2O3. The van der Waals surface area contributed by atoms with Gasteiger partial charge in [-0.05, 0) is 48.4 Å². The number of hydrogen-bond donors (Lipinski definition) is 2. The number of ether oxygens (including phenoxy) is 1. The number of nitrogens with one attached hydrogen (secondary N) is 1. The van der Waals surface area contributed by atoms with E-state index in [2.05, 4.69) is 10.1 Å². The molecule has 0 fully saturated rings. The zero-order valence-corrected chi connectivity index (χ0v) is 15.3. The molecule has 0 aromatic heterocycles. The Balaban J connectivity index is 2.07. The Labute approximate surface area is 156 Å². The Morgan fingerprint density at radius 1 is 1.04 bits per heavy atom. The van der Waals surface area contributed by atoms with Crippen molar-refractivity contribution in [2.24, 2.45) is 5.73 Å². The van der Waals surface area contributed by atoms with E-state index in [0.717, 1.165) is 5.56 Å². The SMILES string of the molecule is COC(=O)c1ccc([C@@H](C)NC(=O)C(N)c2cc(Cl)cc(Cl)c2)cc1. The van der Waals surface area contributed by atoms with Gasteiger partial charge in [0.25, 0.3) is 0 Å². The van der Waals surface area contributed by atoms with Gasteiger partial charge in [-0.25, -0.2) is 4.79 Å². The van der Waals surface area contributed by atoms with Crippen molar-refractivity contribution in [1.82, 2.24) is 5.32 Å². The summed E-state index contributed by atoms with van der Waals surface area (Å²) >= 11 is 11.9. The fraction of sp³-hybridized carbons (Fsp3) is 0.222. The minimum absolute atomic E-state index is 0.292. The molecule has 2 aromatic rings. The number of carbonyl (C=O) groups excluding carboxylic acids is 2. The zero-order chi connectivity index (χ0) is 18.6. The lowest BCUT2D eigenvalue weighted by Gasteiger charge is -2.18.